The van der Waals surface area contributed by atoms with Gasteiger partial charge in [-0.3, -0.25) is 9.59 Å². The number of aryl methyl sites for hydroxylation is 2. The van der Waals surface area contributed by atoms with E-state index in [-0.39, 0.29) is 11.5 Å². The van der Waals surface area contributed by atoms with Gasteiger partial charge in [-0.05, 0) is 43.9 Å². The predicted octanol–water partition coefficient (Wildman–Crippen LogP) is 2.95. The van der Waals surface area contributed by atoms with Crippen molar-refractivity contribution in [2.45, 2.75) is 32.2 Å². The van der Waals surface area contributed by atoms with Gasteiger partial charge in [0.2, 0.25) is 5.91 Å². The molecular weight excluding hydrogens is 399 g/mol. The third-order valence-corrected chi connectivity index (χ3v) is 6.38. The van der Waals surface area contributed by atoms with E-state index in [1.54, 1.807) is 24.0 Å². The quantitative estimate of drug-likeness (QED) is 0.765. The molecule has 0 radical (unpaired) electrons. The molecule has 0 N–H and O–H groups in total. The van der Waals surface area contributed by atoms with Crippen molar-refractivity contribution in [1.29, 1.82) is 0 Å². The number of hydrogen-bond donors (Lipinski definition) is 0. The smallest absolute Gasteiger partial charge is 0.267 e. The molecule has 1 amide bonds. The Bertz CT molecular complexity index is 967. The molecular formula is C20H22Cl2N4O2. The summed E-state index contributed by atoms with van der Waals surface area (Å²) in [7, 11) is 0. The van der Waals surface area contributed by atoms with Gasteiger partial charge in [0.1, 0.15) is 6.04 Å². The Morgan fingerprint density at radius 3 is 2.64 bits per heavy atom. The van der Waals surface area contributed by atoms with Crippen LogP contribution in [0.2, 0.25) is 10.0 Å². The lowest BCUT2D eigenvalue weighted by Crippen LogP contribution is -2.51. The number of nitrogens with zero attached hydrogens (tertiary/aromatic N) is 4. The molecule has 8 heteroatoms. The maximum absolute atomic E-state index is 13.0. The molecule has 1 fully saturated rings. The molecule has 1 aromatic carbocycles. The predicted molar refractivity (Wildman–Crippen MR) is 110 cm³/mol. The lowest BCUT2D eigenvalue weighted by Gasteiger charge is -2.37. The van der Waals surface area contributed by atoms with Crippen LogP contribution in [0.4, 0.5) is 5.69 Å². The molecule has 148 valence electrons. The van der Waals surface area contributed by atoms with E-state index in [0.29, 0.717) is 36.2 Å². The van der Waals surface area contributed by atoms with Gasteiger partial charge >= 0.3 is 0 Å². The molecule has 1 aliphatic carbocycles. The first-order chi connectivity index (χ1) is 13.5. The van der Waals surface area contributed by atoms with Crippen molar-refractivity contribution in [3.05, 3.63) is 55.9 Å². The number of carbonyl (C=O) groups excluding carboxylic acids is 1. The van der Waals surface area contributed by atoms with Crippen molar-refractivity contribution in [3.63, 3.8) is 0 Å². The van der Waals surface area contributed by atoms with Crippen molar-refractivity contribution in [2.75, 3.05) is 31.1 Å². The molecule has 0 bridgehead atoms. The number of aromatic nitrogens is 2. The van der Waals surface area contributed by atoms with Gasteiger partial charge in [-0.1, -0.05) is 29.3 Å². The summed E-state index contributed by atoms with van der Waals surface area (Å²) in [6.45, 7) is 4.19. The van der Waals surface area contributed by atoms with E-state index in [9.17, 15) is 9.59 Å². The average Bonchev–Trinajstić information content (AvgIpc) is 3.15. The number of carbonyl (C=O) groups is 1. The highest BCUT2D eigenvalue weighted by molar-refractivity contribution is 6.43. The second kappa shape index (κ2) is 7.76. The van der Waals surface area contributed by atoms with Crippen LogP contribution in [0.3, 0.4) is 0 Å². The summed E-state index contributed by atoms with van der Waals surface area (Å²) in [6.07, 6.45) is 2.78. The number of piperazine rings is 1. The summed E-state index contributed by atoms with van der Waals surface area (Å²) >= 11 is 12.4. The minimum atomic E-state index is -0.611. The molecule has 1 aliphatic heterocycles. The summed E-state index contributed by atoms with van der Waals surface area (Å²) in [5.41, 5.74) is 2.64. The maximum Gasteiger partial charge on any atom is 0.267 e. The molecule has 1 atom stereocenters. The molecule has 0 saturated carbocycles. The van der Waals surface area contributed by atoms with Crippen LogP contribution >= 0.6 is 23.2 Å². The lowest BCUT2D eigenvalue weighted by atomic mass is 10.2. The van der Waals surface area contributed by atoms with E-state index in [0.717, 1.165) is 36.2 Å². The highest BCUT2D eigenvalue weighted by Gasteiger charge is 2.28. The van der Waals surface area contributed by atoms with E-state index in [1.807, 2.05) is 12.1 Å². The molecule has 1 aromatic heterocycles. The van der Waals surface area contributed by atoms with Crippen LogP contribution < -0.4 is 10.5 Å². The maximum atomic E-state index is 13.0. The summed E-state index contributed by atoms with van der Waals surface area (Å²) < 4.78 is 1.34. The lowest BCUT2D eigenvalue weighted by molar-refractivity contribution is -0.135. The molecule has 0 spiro atoms. The summed E-state index contributed by atoms with van der Waals surface area (Å²) in [6, 6.07) is 6.59. The fourth-order valence-electron chi connectivity index (χ4n) is 3.97. The summed E-state index contributed by atoms with van der Waals surface area (Å²) in [5, 5.41) is 5.52. The van der Waals surface area contributed by atoms with Crippen LogP contribution in [0.25, 0.3) is 0 Å². The highest BCUT2D eigenvalue weighted by Crippen LogP contribution is 2.33. The van der Waals surface area contributed by atoms with Crippen LogP contribution in [0.1, 0.15) is 30.6 Å². The zero-order chi connectivity index (χ0) is 19.8. The van der Waals surface area contributed by atoms with Gasteiger partial charge in [-0.25, -0.2) is 4.68 Å². The largest absolute Gasteiger partial charge is 0.367 e. The third kappa shape index (κ3) is 3.51. The number of fused-ring (bicyclic) bond motifs is 1. The Labute approximate surface area is 173 Å². The number of anilines is 1. The monoisotopic (exact) mass is 420 g/mol. The number of hydrogen-bond acceptors (Lipinski definition) is 4. The van der Waals surface area contributed by atoms with Crippen molar-refractivity contribution < 1.29 is 4.79 Å². The van der Waals surface area contributed by atoms with Crippen molar-refractivity contribution in [2.24, 2.45) is 0 Å². The van der Waals surface area contributed by atoms with Crippen LogP contribution in [0.15, 0.2) is 29.1 Å². The second-order valence-corrected chi connectivity index (χ2v) is 8.10. The third-order valence-electron chi connectivity index (χ3n) is 5.57. The molecule has 2 aliphatic rings. The van der Waals surface area contributed by atoms with Crippen molar-refractivity contribution >= 4 is 34.8 Å². The van der Waals surface area contributed by atoms with E-state index in [2.05, 4.69) is 10.00 Å². The van der Waals surface area contributed by atoms with Crippen LogP contribution in [0.5, 0.6) is 0 Å². The standard InChI is InChI=1S/C20H22Cl2N4O2/c1-13(26-18(27)12-14-4-2-6-16(14)23-26)20(28)25-10-8-24(9-11-25)17-7-3-5-15(21)19(17)22/h3,5,7,12-13H,2,4,6,8-11H2,1H3. The minimum absolute atomic E-state index is 0.0793. The number of benzene rings is 1. The second-order valence-electron chi connectivity index (χ2n) is 7.31. The Hall–Kier alpha value is -2.05. The number of halogens is 2. The Kier molecular flexibility index (Phi) is 5.34. The van der Waals surface area contributed by atoms with Gasteiger partial charge in [-0.2, -0.15) is 5.10 Å². The fourth-order valence-corrected chi connectivity index (χ4v) is 4.38. The molecule has 2 aromatic rings. The zero-order valence-electron chi connectivity index (χ0n) is 15.7. The topological polar surface area (TPSA) is 58.4 Å². The van der Waals surface area contributed by atoms with Gasteiger partial charge in [-0.15, -0.1) is 0 Å². The molecule has 1 saturated heterocycles. The van der Waals surface area contributed by atoms with Gasteiger partial charge in [0, 0.05) is 32.2 Å². The normalized spacial score (nSPS) is 17.5. The van der Waals surface area contributed by atoms with E-state index < -0.39 is 6.04 Å². The minimum Gasteiger partial charge on any atom is -0.367 e. The SMILES string of the molecule is CC(C(=O)N1CCN(c2cccc(Cl)c2Cl)CC1)n1nc2c(cc1=O)CCC2. The molecule has 1 unspecified atom stereocenters. The van der Waals surface area contributed by atoms with Crippen LogP contribution in [0, 0.1) is 0 Å². The molecule has 6 nitrogen and oxygen atoms in total. The molecule has 28 heavy (non-hydrogen) atoms. The number of amides is 1. The Morgan fingerprint density at radius 2 is 1.89 bits per heavy atom. The van der Waals surface area contributed by atoms with Gasteiger partial charge in [0.15, 0.2) is 0 Å². The van der Waals surface area contributed by atoms with E-state index in [4.69, 9.17) is 23.2 Å². The fraction of sp³-hybridized carbons (Fsp3) is 0.450. The average molecular weight is 421 g/mol. The summed E-state index contributed by atoms with van der Waals surface area (Å²) in [5.74, 6) is -0.0793. The Balaban J connectivity index is 1.45. The van der Waals surface area contributed by atoms with E-state index in [1.165, 1.54) is 4.68 Å². The van der Waals surface area contributed by atoms with Crippen molar-refractivity contribution in [1.82, 2.24) is 14.7 Å². The summed E-state index contributed by atoms with van der Waals surface area (Å²) in [4.78, 5) is 29.3. The highest BCUT2D eigenvalue weighted by atomic mass is 35.5. The first-order valence-corrected chi connectivity index (χ1v) is 10.3. The van der Waals surface area contributed by atoms with Crippen molar-refractivity contribution in [3.8, 4) is 0 Å². The van der Waals surface area contributed by atoms with Gasteiger partial charge in [0.25, 0.3) is 5.56 Å². The first kappa shape index (κ1) is 19.3. The van der Waals surface area contributed by atoms with E-state index >= 15 is 0 Å². The Morgan fingerprint density at radius 1 is 1.14 bits per heavy atom. The molecule has 2 heterocycles. The van der Waals surface area contributed by atoms with Crippen LogP contribution in [-0.4, -0.2) is 46.8 Å². The first-order valence-electron chi connectivity index (χ1n) is 9.55. The van der Waals surface area contributed by atoms with Crippen LogP contribution in [-0.2, 0) is 17.6 Å². The zero-order valence-corrected chi connectivity index (χ0v) is 17.2. The molecule has 4 rings (SSSR count). The number of rotatable bonds is 3. The van der Waals surface area contributed by atoms with Gasteiger partial charge in [0.05, 0.1) is 21.4 Å². The van der Waals surface area contributed by atoms with Gasteiger partial charge < -0.3 is 9.80 Å².